The van der Waals surface area contributed by atoms with Crippen molar-refractivity contribution in [3.63, 3.8) is 0 Å². The molecule has 0 aromatic carbocycles. The van der Waals surface area contributed by atoms with Gasteiger partial charge in [0.25, 0.3) is 0 Å². The van der Waals surface area contributed by atoms with E-state index in [1.165, 1.54) is 6.07 Å². The molecule has 1 rings (SSSR count). The van der Waals surface area contributed by atoms with Crippen molar-refractivity contribution in [2.75, 3.05) is 0 Å². The summed E-state index contributed by atoms with van der Waals surface area (Å²) >= 11 is 15.9. The lowest BCUT2D eigenvalue weighted by Gasteiger charge is -2.03. The van der Waals surface area contributed by atoms with Crippen molar-refractivity contribution in [2.45, 2.75) is 6.18 Å². The minimum absolute atomic E-state index is 0.107. The molecule has 0 saturated heterocycles. The van der Waals surface area contributed by atoms with E-state index in [0.29, 0.717) is 0 Å². The van der Waals surface area contributed by atoms with E-state index in [1.54, 1.807) is 0 Å². The molecule has 1 heterocycles. The molecule has 0 aliphatic rings. The maximum Gasteiger partial charge on any atom is 0.444 e. The molecule has 0 unspecified atom stereocenters. The van der Waals surface area contributed by atoms with Gasteiger partial charge in [0, 0.05) is 6.20 Å². The summed E-state index contributed by atoms with van der Waals surface area (Å²) in [4.78, 5) is 6.52. The van der Waals surface area contributed by atoms with Crippen LogP contribution in [0.25, 0.3) is 0 Å². The van der Waals surface area contributed by atoms with Crippen LogP contribution in [0.15, 0.2) is 17.3 Å². The summed E-state index contributed by atoms with van der Waals surface area (Å²) in [5, 5.41) is -1.45. The Morgan fingerprint density at radius 1 is 1.33 bits per heavy atom. The lowest BCUT2D eigenvalue weighted by atomic mass is 10.4. The predicted octanol–water partition coefficient (Wildman–Crippen LogP) is 4.22. The smallest absolute Gasteiger partial charge is 0.234 e. The van der Waals surface area contributed by atoms with Crippen LogP contribution in [0.3, 0.4) is 0 Å². The molecule has 0 bridgehead atoms. The van der Waals surface area contributed by atoms with E-state index >= 15 is 0 Å². The Morgan fingerprint density at radius 3 is 2.40 bits per heavy atom. The maximum absolute atomic E-state index is 12.0. The number of aliphatic imine (C=N–C) groups is 1. The summed E-state index contributed by atoms with van der Waals surface area (Å²) in [5.74, 6) is -0.330. The molecular formula is C7H2Cl3F3N2. The minimum atomic E-state index is -4.72. The van der Waals surface area contributed by atoms with Crippen LogP contribution >= 0.6 is 34.8 Å². The molecular weight excluding hydrogens is 275 g/mol. The van der Waals surface area contributed by atoms with Gasteiger partial charge in [0.15, 0.2) is 5.82 Å². The van der Waals surface area contributed by atoms with Crippen LogP contribution in [-0.4, -0.2) is 16.3 Å². The molecule has 0 saturated carbocycles. The molecule has 0 amide bonds. The van der Waals surface area contributed by atoms with Gasteiger partial charge in [0.1, 0.15) is 0 Å². The van der Waals surface area contributed by atoms with Gasteiger partial charge in [-0.3, -0.25) is 0 Å². The van der Waals surface area contributed by atoms with E-state index in [0.717, 1.165) is 6.20 Å². The molecule has 0 aliphatic carbocycles. The van der Waals surface area contributed by atoms with Gasteiger partial charge >= 0.3 is 6.18 Å². The Labute approximate surface area is 97.7 Å². The Morgan fingerprint density at radius 2 is 1.93 bits per heavy atom. The summed E-state index contributed by atoms with van der Waals surface area (Å²) in [7, 11) is 0. The third-order valence-corrected chi connectivity index (χ3v) is 2.01. The zero-order valence-electron chi connectivity index (χ0n) is 6.82. The van der Waals surface area contributed by atoms with Gasteiger partial charge < -0.3 is 0 Å². The first-order chi connectivity index (χ1) is 6.80. The fourth-order valence-electron chi connectivity index (χ4n) is 0.646. The molecule has 0 aliphatic heterocycles. The molecule has 1 aromatic rings. The van der Waals surface area contributed by atoms with E-state index in [9.17, 15) is 13.2 Å². The van der Waals surface area contributed by atoms with Crippen molar-refractivity contribution < 1.29 is 13.2 Å². The van der Waals surface area contributed by atoms with Gasteiger partial charge in [-0.15, -0.1) is 0 Å². The molecule has 8 heteroatoms. The molecule has 0 radical (unpaired) electrons. The molecule has 0 N–H and O–H groups in total. The SMILES string of the molecule is FC(F)(F)C(Cl)=Nc1ncc(Cl)cc1Cl. The van der Waals surface area contributed by atoms with Crippen molar-refractivity contribution in [2.24, 2.45) is 4.99 Å². The number of nitrogens with zero attached hydrogens (tertiary/aromatic N) is 2. The summed E-state index contributed by atoms with van der Waals surface area (Å²) in [5.41, 5.74) is 0. The summed E-state index contributed by atoms with van der Waals surface area (Å²) in [6, 6.07) is 1.22. The molecule has 2 nitrogen and oxygen atoms in total. The monoisotopic (exact) mass is 276 g/mol. The standard InChI is InChI=1S/C7H2Cl3F3N2/c8-3-1-4(9)5(14-2-3)15-6(10)7(11,12)13/h1-2H. The highest BCUT2D eigenvalue weighted by molar-refractivity contribution is 6.67. The van der Waals surface area contributed by atoms with Crippen LogP contribution in [0.4, 0.5) is 19.0 Å². The van der Waals surface area contributed by atoms with Crippen molar-refractivity contribution in [1.29, 1.82) is 0 Å². The van der Waals surface area contributed by atoms with E-state index in [1.807, 2.05) is 0 Å². The number of pyridine rings is 1. The van der Waals surface area contributed by atoms with Crippen molar-refractivity contribution in [1.82, 2.24) is 4.98 Å². The van der Waals surface area contributed by atoms with Crippen molar-refractivity contribution >= 4 is 45.8 Å². The average Bonchev–Trinajstić information content (AvgIpc) is 2.08. The molecule has 0 spiro atoms. The van der Waals surface area contributed by atoms with Gasteiger partial charge in [0.2, 0.25) is 5.17 Å². The third-order valence-electron chi connectivity index (χ3n) is 1.23. The van der Waals surface area contributed by atoms with E-state index < -0.39 is 11.3 Å². The number of aromatic nitrogens is 1. The zero-order chi connectivity index (χ0) is 11.6. The second-order valence-electron chi connectivity index (χ2n) is 2.36. The Bertz CT molecular complexity index is 403. The quantitative estimate of drug-likeness (QED) is 0.706. The Balaban J connectivity index is 3.09. The van der Waals surface area contributed by atoms with Crippen LogP contribution in [0.5, 0.6) is 0 Å². The van der Waals surface area contributed by atoms with Crippen LogP contribution in [0, 0.1) is 0 Å². The molecule has 0 fully saturated rings. The van der Waals surface area contributed by atoms with Gasteiger partial charge in [0.05, 0.1) is 10.0 Å². The lowest BCUT2D eigenvalue weighted by molar-refractivity contribution is -0.0558. The molecule has 0 atom stereocenters. The molecule has 82 valence electrons. The van der Waals surface area contributed by atoms with E-state index in [2.05, 4.69) is 9.98 Å². The fourth-order valence-corrected chi connectivity index (χ4v) is 1.15. The average molecular weight is 277 g/mol. The normalized spacial score (nSPS) is 13.1. The summed E-state index contributed by atoms with van der Waals surface area (Å²) in [6.45, 7) is 0. The summed E-state index contributed by atoms with van der Waals surface area (Å²) in [6.07, 6.45) is -3.60. The van der Waals surface area contributed by atoms with Crippen molar-refractivity contribution in [3.8, 4) is 0 Å². The lowest BCUT2D eigenvalue weighted by Crippen LogP contribution is -2.16. The van der Waals surface area contributed by atoms with Gasteiger partial charge in [-0.1, -0.05) is 34.8 Å². The highest BCUT2D eigenvalue weighted by Gasteiger charge is 2.34. The largest absolute Gasteiger partial charge is 0.444 e. The number of alkyl halides is 3. The molecule has 1 aromatic heterocycles. The predicted molar refractivity (Wildman–Crippen MR) is 53.3 cm³/mol. The van der Waals surface area contributed by atoms with Crippen LogP contribution in [0.1, 0.15) is 0 Å². The first-order valence-electron chi connectivity index (χ1n) is 3.43. The topological polar surface area (TPSA) is 25.2 Å². The summed E-state index contributed by atoms with van der Waals surface area (Å²) < 4.78 is 36.0. The maximum atomic E-state index is 12.0. The van der Waals surface area contributed by atoms with Gasteiger partial charge in [-0.2, -0.15) is 13.2 Å². The van der Waals surface area contributed by atoms with Gasteiger partial charge in [-0.05, 0) is 6.07 Å². The fraction of sp³-hybridized carbons (Fsp3) is 0.143. The van der Waals surface area contributed by atoms with Crippen molar-refractivity contribution in [3.05, 3.63) is 22.3 Å². The number of rotatable bonds is 1. The van der Waals surface area contributed by atoms with Crippen LogP contribution < -0.4 is 0 Å². The number of hydrogen-bond donors (Lipinski definition) is 0. The Kier molecular flexibility index (Phi) is 3.81. The minimum Gasteiger partial charge on any atom is -0.234 e. The van der Waals surface area contributed by atoms with Crippen LogP contribution in [0.2, 0.25) is 10.0 Å². The first-order valence-corrected chi connectivity index (χ1v) is 4.56. The number of halogens is 6. The zero-order valence-corrected chi connectivity index (χ0v) is 9.08. The van der Waals surface area contributed by atoms with Gasteiger partial charge in [-0.25, -0.2) is 9.98 Å². The molecule has 15 heavy (non-hydrogen) atoms. The second kappa shape index (κ2) is 4.55. The Hall–Kier alpha value is -0.520. The third kappa shape index (κ3) is 3.52. The first kappa shape index (κ1) is 12.5. The van der Waals surface area contributed by atoms with E-state index in [-0.39, 0.29) is 15.9 Å². The highest BCUT2D eigenvalue weighted by Crippen LogP contribution is 2.28. The highest BCUT2D eigenvalue weighted by atomic mass is 35.5. The van der Waals surface area contributed by atoms with E-state index in [4.69, 9.17) is 34.8 Å². The number of hydrogen-bond acceptors (Lipinski definition) is 2. The van der Waals surface area contributed by atoms with Crippen LogP contribution in [-0.2, 0) is 0 Å². The second-order valence-corrected chi connectivity index (χ2v) is 3.56.